The lowest BCUT2D eigenvalue weighted by atomic mass is 10.0. The van der Waals surface area contributed by atoms with Gasteiger partial charge in [-0.3, -0.25) is 0 Å². The fourth-order valence-corrected chi connectivity index (χ4v) is 3.91. The summed E-state index contributed by atoms with van der Waals surface area (Å²) in [7, 11) is -3.50. The van der Waals surface area contributed by atoms with Gasteiger partial charge in [0.05, 0.1) is 4.90 Å². The van der Waals surface area contributed by atoms with Gasteiger partial charge >= 0.3 is 0 Å². The molecule has 0 saturated carbocycles. The van der Waals surface area contributed by atoms with Crippen molar-refractivity contribution in [3.8, 4) is 0 Å². The highest BCUT2D eigenvalue weighted by molar-refractivity contribution is 7.89. The van der Waals surface area contributed by atoms with Crippen LogP contribution in [0.3, 0.4) is 0 Å². The Kier molecular flexibility index (Phi) is 4.13. The Morgan fingerprint density at radius 1 is 1.47 bits per heavy atom. The lowest BCUT2D eigenvalue weighted by Gasteiger charge is -2.31. The molecule has 1 fully saturated rings. The predicted molar refractivity (Wildman–Crippen MR) is 74.2 cm³/mol. The number of anilines is 1. The minimum atomic E-state index is -3.50. The summed E-state index contributed by atoms with van der Waals surface area (Å²) in [4.78, 5) is 0.231. The number of sulfonamides is 1. The zero-order valence-electron chi connectivity index (χ0n) is 11.0. The predicted octanol–water partition coefficient (Wildman–Crippen LogP) is 0.970. The molecule has 0 spiro atoms. The number of aryl methyl sites for hydroxylation is 1. The van der Waals surface area contributed by atoms with Crippen LogP contribution in [0.4, 0.5) is 5.69 Å². The first-order valence-electron chi connectivity index (χ1n) is 6.42. The molecule has 1 saturated heterocycles. The van der Waals surface area contributed by atoms with Crippen LogP contribution >= 0.6 is 0 Å². The molecule has 0 radical (unpaired) electrons. The Balaban J connectivity index is 2.28. The second-order valence-corrected chi connectivity index (χ2v) is 7.01. The van der Waals surface area contributed by atoms with Crippen LogP contribution in [-0.4, -0.2) is 37.5 Å². The topological polar surface area (TPSA) is 83.6 Å². The Hall–Kier alpha value is -1.11. The molecular formula is C13H20N2O3S. The van der Waals surface area contributed by atoms with Crippen molar-refractivity contribution in [1.82, 2.24) is 4.31 Å². The molecule has 0 amide bonds. The van der Waals surface area contributed by atoms with Gasteiger partial charge in [-0.2, -0.15) is 4.31 Å². The molecule has 0 aromatic heterocycles. The molecule has 106 valence electrons. The molecule has 0 aliphatic carbocycles. The lowest BCUT2D eigenvalue weighted by Crippen LogP contribution is -2.40. The molecule has 3 N–H and O–H groups in total. The van der Waals surface area contributed by atoms with Crippen molar-refractivity contribution in [2.24, 2.45) is 5.92 Å². The van der Waals surface area contributed by atoms with Gasteiger partial charge in [-0.15, -0.1) is 0 Å². The highest BCUT2D eigenvalue weighted by Crippen LogP contribution is 2.25. The van der Waals surface area contributed by atoms with Gasteiger partial charge in [0.2, 0.25) is 10.0 Å². The quantitative estimate of drug-likeness (QED) is 0.810. The Labute approximate surface area is 114 Å². The molecule has 0 bridgehead atoms. The van der Waals surface area contributed by atoms with E-state index in [2.05, 4.69) is 0 Å². The molecule has 1 aliphatic rings. The fourth-order valence-electron chi connectivity index (χ4n) is 2.32. The van der Waals surface area contributed by atoms with Gasteiger partial charge in [0, 0.05) is 25.4 Å². The zero-order chi connectivity index (χ0) is 14.0. The van der Waals surface area contributed by atoms with Gasteiger partial charge in [0.25, 0.3) is 0 Å². The number of nitrogens with two attached hydrogens (primary N) is 1. The fraction of sp³-hybridized carbons (Fsp3) is 0.538. The van der Waals surface area contributed by atoms with Crippen molar-refractivity contribution < 1.29 is 13.5 Å². The molecule has 1 aromatic rings. The lowest BCUT2D eigenvalue weighted by molar-refractivity contribution is 0.165. The van der Waals surface area contributed by atoms with E-state index in [-0.39, 0.29) is 17.4 Å². The molecule has 1 atom stereocenters. The second kappa shape index (κ2) is 5.48. The number of aliphatic hydroxyl groups is 1. The third-order valence-corrected chi connectivity index (χ3v) is 5.49. The maximum absolute atomic E-state index is 12.5. The molecular weight excluding hydrogens is 264 g/mol. The average Bonchev–Trinajstić information content (AvgIpc) is 2.41. The smallest absolute Gasteiger partial charge is 0.243 e. The Morgan fingerprint density at radius 2 is 2.21 bits per heavy atom. The normalized spacial score (nSPS) is 21.5. The molecule has 2 rings (SSSR count). The van der Waals surface area contributed by atoms with Crippen molar-refractivity contribution in [3.63, 3.8) is 0 Å². The maximum atomic E-state index is 12.5. The van der Waals surface area contributed by atoms with E-state index >= 15 is 0 Å². The number of hydrogen-bond acceptors (Lipinski definition) is 4. The summed E-state index contributed by atoms with van der Waals surface area (Å²) in [6, 6.07) is 4.81. The monoisotopic (exact) mass is 284 g/mol. The van der Waals surface area contributed by atoms with Crippen LogP contribution in [0.15, 0.2) is 23.1 Å². The third-order valence-electron chi connectivity index (χ3n) is 3.63. The van der Waals surface area contributed by atoms with Crippen molar-refractivity contribution in [2.75, 3.05) is 25.4 Å². The summed E-state index contributed by atoms with van der Waals surface area (Å²) < 4.78 is 26.4. The van der Waals surface area contributed by atoms with E-state index < -0.39 is 10.0 Å². The van der Waals surface area contributed by atoms with Crippen molar-refractivity contribution >= 4 is 15.7 Å². The van der Waals surface area contributed by atoms with E-state index in [9.17, 15) is 13.5 Å². The van der Waals surface area contributed by atoms with Gasteiger partial charge in [0.1, 0.15) is 0 Å². The number of hydrogen-bond donors (Lipinski definition) is 2. The van der Waals surface area contributed by atoms with Crippen molar-refractivity contribution in [3.05, 3.63) is 23.8 Å². The van der Waals surface area contributed by atoms with E-state index in [1.54, 1.807) is 12.1 Å². The number of piperidine rings is 1. The van der Waals surface area contributed by atoms with Gasteiger partial charge in [-0.1, -0.05) is 6.07 Å². The summed E-state index contributed by atoms with van der Waals surface area (Å²) in [5.41, 5.74) is 7.13. The molecule has 1 heterocycles. The minimum Gasteiger partial charge on any atom is -0.398 e. The highest BCUT2D eigenvalue weighted by atomic mass is 32.2. The van der Waals surface area contributed by atoms with Crippen LogP contribution < -0.4 is 5.73 Å². The van der Waals surface area contributed by atoms with Crippen LogP contribution in [0.5, 0.6) is 0 Å². The molecule has 1 aromatic carbocycles. The van der Waals surface area contributed by atoms with E-state index in [0.717, 1.165) is 18.4 Å². The Morgan fingerprint density at radius 3 is 2.84 bits per heavy atom. The van der Waals surface area contributed by atoms with E-state index in [4.69, 9.17) is 5.73 Å². The van der Waals surface area contributed by atoms with E-state index in [1.807, 2.05) is 6.92 Å². The summed E-state index contributed by atoms with van der Waals surface area (Å²) in [6.45, 7) is 2.76. The SMILES string of the molecule is Cc1ccc(S(=O)(=O)N2CCCC(CO)C2)cc1N. The first-order chi connectivity index (χ1) is 8.95. The van der Waals surface area contributed by atoms with Crippen LogP contribution in [0, 0.1) is 12.8 Å². The molecule has 19 heavy (non-hydrogen) atoms. The van der Waals surface area contributed by atoms with Gasteiger partial charge in [-0.25, -0.2) is 8.42 Å². The van der Waals surface area contributed by atoms with Crippen LogP contribution in [0.2, 0.25) is 0 Å². The molecule has 1 unspecified atom stereocenters. The molecule has 5 nitrogen and oxygen atoms in total. The average molecular weight is 284 g/mol. The number of nitrogens with zero attached hydrogens (tertiary/aromatic N) is 1. The first-order valence-corrected chi connectivity index (χ1v) is 7.86. The van der Waals surface area contributed by atoms with Gasteiger partial charge in [0.15, 0.2) is 0 Å². The molecule has 1 aliphatic heterocycles. The zero-order valence-corrected chi connectivity index (χ0v) is 11.9. The van der Waals surface area contributed by atoms with Crippen LogP contribution in [0.1, 0.15) is 18.4 Å². The Bertz CT molecular complexity index is 557. The minimum absolute atomic E-state index is 0.0298. The van der Waals surface area contributed by atoms with Crippen LogP contribution in [-0.2, 0) is 10.0 Å². The van der Waals surface area contributed by atoms with E-state index in [1.165, 1.54) is 10.4 Å². The summed E-state index contributed by atoms with van der Waals surface area (Å²) in [5, 5.41) is 9.18. The number of aliphatic hydroxyl groups excluding tert-OH is 1. The standard InChI is InChI=1S/C13H20N2O3S/c1-10-4-5-12(7-13(10)14)19(17,18)15-6-2-3-11(8-15)9-16/h4-5,7,11,16H,2-3,6,8-9,14H2,1H3. The third kappa shape index (κ3) is 2.91. The van der Waals surface area contributed by atoms with E-state index in [0.29, 0.717) is 18.8 Å². The van der Waals surface area contributed by atoms with Gasteiger partial charge in [-0.05, 0) is 43.4 Å². The summed E-state index contributed by atoms with van der Waals surface area (Å²) in [6.07, 6.45) is 1.66. The maximum Gasteiger partial charge on any atom is 0.243 e. The van der Waals surface area contributed by atoms with Gasteiger partial charge < -0.3 is 10.8 Å². The molecule has 6 heteroatoms. The largest absolute Gasteiger partial charge is 0.398 e. The first kappa shape index (κ1) is 14.3. The number of nitrogen functional groups attached to an aromatic ring is 1. The van der Waals surface area contributed by atoms with Crippen molar-refractivity contribution in [1.29, 1.82) is 0 Å². The van der Waals surface area contributed by atoms with Crippen molar-refractivity contribution in [2.45, 2.75) is 24.7 Å². The highest BCUT2D eigenvalue weighted by Gasteiger charge is 2.30. The summed E-state index contributed by atoms with van der Waals surface area (Å²) in [5.74, 6) is 0.0336. The second-order valence-electron chi connectivity index (χ2n) is 5.07. The number of rotatable bonds is 3. The summed E-state index contributed by atoms with van der Waals surface area (Å²) >= 11 is 0. The van der Waals surface area contributed by atoms with Crippen LogP contribution in [0.25, 0.3) is 0 Å². The number of benzene rings is 1.